The predicted octanol–water partition coefficient (Wildman–Crippen LogP) is 4.15. The quantitative estimate of drug-likeness (QED) is 0.362. The van der Waals surface area contributed by atoms with E-state index in [2.05, 4.69) is 10.7 Å². The van der Waals surface area contributed by atoms with Gasteiger partial charge in [-0.15, -0.1) is 4.83 Å². The summed E-state index contributed by atoms with van der Waals surface area (Å²) in [4.78, 5) is 13.6. The zero-order chi connectivity index (χ0) is 24.3. The van der Waals surface area contributed by atoms with Crippen LogP contribution in [0.15, 0.2) is 53.4 Å². The molecule has 0 radical (unpaired) electrons. The Morgan fingerprint density at radius 2 is 1.58 bits per heavy atom. The van der Waals surface area contributed by atoms with Gasteiger partial charge in [0, 0.05) is 12.1 Å². The Morgan fingerprint density at radius 1 is 0.939 bits per heavy atom. The molecule has 3 rings (SSSR count). The van der Waals surface area contributed by atoms with Gasteiger partial charge in [-0.3, -0.25) is 0 Å². The van der Waals surface area contributed by atoms with Crippen molar-refractivity contribution in [3.63, 3.8) is 0 Å². The summed E-state index contributed by atoms with van der Waals surface area (Å²) >= 11 is 0. The molecule has 0 atom stereocenters. The Morgan fingerprint density at radius 3 is 2.18 bits per heavy atom. The number of hydrogen-bond acceptors (Lipinski definition) is 5. The van der Waals surface area contributed by atoms with Gasteiger partial charge in [0.1, 0.15) is 5.82 Å². The van der Waals surface area contributed by atoms with Gasteiger partial charge in [-0.05, 0) is 49.7 Å². The van der Waals surface area contributed by atoms with Crippen LogP contribution in [0, 0.1) is 31.3 Å². The Hall–Kier alpha value is -3.41. The van der Waals surface area contributed by atoms with Crippen LogP contribution in [0.3, 0.4) is 0 Å². The van der Waals surface area contributed by atoms with Crippen molar-refractivity contribution in [3.05, 3.63) is 88.2 Å². The molecule has 0 aliphatic carbocycles. The van der Waals surface area contributed by atoms with Crippen molar-refractivity contribution in [1.82, 2.24) is 10.3 Å². The number of rotatable bonds is 8. The van der Waals surface area contributed by atoms with Gasteiger partial charge in [0.25, 0.3) is 10.0 Å². The first-order chi connectivity index (χ1) is 15.5. The van der Waals surface area contributed by atoms with Crippen molar-refractivity contribution in [2.45, 2.75) is 25.3 Å². The number of carboxylic acids is 1. The third-order valence-corrected chi connectivity index (χ3v) is 6.02. The van der Waals surface area contributed by atoms with E-state index in [-0.39, 0.29) is 10.6 Å². The molecule has 4 N–H and O–H groups in total. The summed E-state index contributed by atoms with van der Waals surface area (Å²) in [5, 5.41) is 11.8. The van der Waals surface area contributed by atoms with Crippen LogP contribution in [0.1, 0.15) is 27.0 Å². The Labute approximate surface area is 188 Å². The number of aryl methyl sites for hydroxylation is 2. The summed E-state index contributed by atoms with van der Waals surface area (Å²) < 4.78 is 68.1. The van der Waals surface area contributed by atoms with Gasteiger partial charge in [-0.2, -0.15) is 0 Å². The van der Waals surface area contributed by atoms with Crippen molar-refractivity contribution in [3.8, 4) is 0 Å². The van der Waals surface area contributed by atoms with Crippen LogP contribution in [0.4, 0.5) is 24.5 Å². The van der Waals surface area contributed by atoms with E-state index in [0.29, 0.717) is 5.56 Å². The topological polar surface area (TPSA) is 108 Å². The lowest BCUT2D eigenvalue weighted by atomic mass is 10.1. The van der Waals surface area contributed by atoms with E-state index >= 15 is 0 Å². The molecular weight excluding hydrogens is 459 g/mol. The highest BCUT2D eigenvalue weighted by molar-refractivity contribution is 7.89. The summed E-state index contributed by atoms with van der Waals surface area (Å²) in [6, 6.07) is 10.7. The first-order valence-corrected chi connectivity index (χ1v) is 11.1. The number of halogens is 3. The minimum absolute atomic E-state index is 0.0573. The van der Waals surface area contributed by atoms with E-state index < -0.39 is 56.8 Å². The number of nitrogens with one attached hydrogen (secondary N) is 3. The number of benzene rings is 3. The third kappa shape index (κ3) is 5.51. The van der Waals surface area contributed by atoms with E-state index in [1.807, 2.05) is 4.83 Å². The number of carbonyl (C=O) groups is 1. The molecule has 0 bridgehead atoms. The lowest BCUT2D eigenvalue weighted by Gasteiger charge is -2.15. The first-order valence-electron chi connectivity index (χ1n) is 9.58. The van der Waals surface area contributed by atoms with Crippen LogP contribution in [-0.2, 0) is 16.6 Å². The van der Waals surface area contributed by atoms with E-state index in [9.17, 15) is 31.5 Å². The van der Waals surface area contributed by atoms with Crippen LogP contribution >= 0.6 is 0 Å². The maximum Gasteiger partial charge on any atom is 0.337 e. The van der Waals surface area contributed by atoms with E-state index in [1.54, 1.807) is 26.0 Å². The second kappa shape index (κ2) is 9.61. The lowest BCUT2D eigenvalue weighted by Crippen LogP contribution is -2.37. The highest BCUT2D eigenvalue weighted by Crippen LogP contribution is 2.30. The summed E-state index contributed by atoms with van der Waals surface area (Å²) in [5.41, 5.74) is 1.58. The number of hydrogen-bond donors (Lipinski definition) is 4. The normalized spacial score (nSPS) is 11.4. The Bertz CT molecular complexity index is 1310. The van der Waals surface area contributed by atoms with Crippen LogP contribution in [0.5, 0.6) is 0 Å². The predicted molar refractivity (Wildman–Crippen MR) is 116 cm³/mol. The number of carboxylic acid groups (broad SMARTS) is 1. The highest BCUT2D eigenvalue weighted by atomic mass is 32.2. The fraction of sp³-hybridized carbons (Fsp3) is 0.136. The maximum atomic E-state index is 14.8. The molecule has 0 heterocycles. The Balaban J connectivity index is 1.85. The second-order valence-electron chi connectivity index (χ2n) is 7.27. The van der Waals surface area contributed by atoms with Crippen LogP contribution < -0.4 is 15.6 Å². The molecule has 33 heavy (non-hydrogen) atoms. The SMILES string of the molecule is Cc1ccc(S(=O)(=O)NNCc2cc(C(=O)O)c(Nc3ccc(C)cc3F)c(F)c2F)cc1. The molecule has 7 nitrogen and oxygen atoms in total. The minimum Gasteiger partial charge on any atom is -0.478 e. The summed E-state index contributed by atoms with van der Waals surface area (Å²) in [7, 11) is -4.00. The molecular formula is C22H20F3N3O4S. The number of anilines is 2. The van der Waals surface area contributed by atoms with Crippen LogP contribution in [0.25, 0.3) is 0 Å². The van der Waals surface area contributed by atoms with Gasteiger partial charge in [-0.25, -0.2) is 31.8 Å². The number of sulfonamides is 1. The van der Waals surface area contributed by atoms with E-state index in [1.165, 1.54) is 24.3 Å². The molecule has 0 saturated heterocycles. The second-order valence-corrected chi connectivity index (χ2v) is 8.95. The molecule has 0 unspecified atom stereocenters. The summed E-state index contributed by atoms with van der Waals surface area (Å²) in [6.45, 7) is 2.85. The average Bonchev–Trinajstić information content (AvgIpc) is 2.74. The van der Waals surface area contributed by atoms with Crippen molar-refractivity contribution < 1.29 is 31.5 Å². The third-order valence-electron chi connectivity index (χ3n) is 4.71. The monoisotopic (exact) mass is 479 g/mol. The zero-order valence-corrected chi connectivity index (χ0v) is 18.4. The maximum absolute atomic E-state index is 14.8. The minimum atomic E-state index is -4.00. The number of aromatic carboxylic acids is 1. The molecule has 0 fully saturated rings. The smallest absolute Gasteiger partial charge is 0.337 e. The number of hydrazine groups is 1. The van der Waals surface area contributed by atoms with Crippen molar-refractivity contribution in [2.24, 2.45) is 0 Å². The van der Waals surface area contributed by atoms with Crippen molar-refractivity contribution in [2.75, 3.05) is 5.32 Å². The molecule has 0 aliphatic heterocycles. The first kappa shape index (κ1) is 24.2. The van der Waals surface area contributed by atoms with Gasteiger partial charge in [0.05, 0.1) is 21.8 Å². The van der Waals surface area contributed by atoms with Gasteiger partial charge < -0.3 is 10.4 Å². The average molecular weight is 479 g/mol. The molecule has 0 spiro atoms. The summed E-state index contributed by atoms with van der Waals surface area (Å²) in [6.07, 6.45) is 0. The highest BCUT2D eigenvalue weighted by Gasteiger charge is 2.23. The van der Waals surface area contributed by atoms with E-state index in [4.69, 9.17) is 0 Å². The summed E-state index contributed by atoms with van der Waals surface area (Å²) in [5.74, 6) is -5.34. The Kier molecular flexibility index (Phi) is 7.06. The standard InChI is InChI=1S/C22H20F3N3O4S/c1-12-3-6-15(7-4-12)33(31,32)28-26-11-14-10-16(22(29)30)21(20(25)19(14)24)27-18-8-5-13(2)9-17(18)23/h3-10,26-28H,11H2,1-2H3,(H,29,30). The van der Waals surface area contributed by atoms with Crippen molar-refractivity contribution >= 4 is 27.4 Å². The molecule has 3 aromatic carbocycles. The molecule has 0 saturated carbocycles. The molecule has 3 aromatic rings. The molecule has 11 heteroatoms. The van der Waals surface area contributed by atoms with Gasteiger partial charge in [-0.1, -0.05) is 23.8 Å². The molecule has 0 aliphatic rings. The largest absolute Gasteiger partial charge is 0.478 e. The molecule has 0 aromatic heterocycles. The van der Waals surface area contributed by atoms with Gasteiger partial charge >= 0.3 is 5.97 Å². The van der Waals surface area contributed by atoms with Crippen LogP contribution in [-0.4, -0.2) is 19.5 Å². The van der Waals surface area contributed by atoms with Crippen LogP contribution in [0.2, 0.25) is 0 Å². The molecule has 174 valence electrons. The molecule has 0 amide bonds. The van der Waals surface area contributed by atoms with Gasteiger partial charge in [0.15, 0.2) is 11.6 Å². The van der Waals surface area contributed by atoms with Gasteiger partial charge in [0.2, 0.25) is 0 Å². The zero-order valence-electron chi connectivity index (χ0n) is 17.5. The fourth-order valence-corrected chi connectivity index (χ4v) is 3.83. The lowest BCUT2D eigenvalue weighted by molar-refractivity contribution is 0.0697. The van der Waals surface area contributed by atoms with E-state index in [0.717, 1.165) is 17.7 Å². The fourth-order valence-electron chi connectivity index (χ4n) is 2.96. The van der Waals surface area contributed by atoms with Crippen molar-refractivity contribution in [1.29, 1.82) is 0 Å².